The van der Waals surface area contributed by atoms with E-state index in [1.165, 1.54) is 6.07 Å². The summed E-state index contributed by atoms with van der Waals surface area (Å²) in [4.78, 5) is 2.78. The standard InChI is InChI=1S/C14H10F2N2S/c1-8-4-2-3-5-11(8)18-12-7-9(15)6-10(16)13(12)17-14(18)19/h2-7H,1H3,(H,17,19). The molecule has 0 amide bonds. The van der Waals surface area contributed by atoms with E-state index in [1.54, 1.807) is 4.57 Å². The van der Waals surface area contributed by atoms with E-state index < -0.39 is 11.6 Å². The number of aromatic amines is 1. The van der Waals surface area contributed by atoms with Gasteiger partial charge in [0.25, 0.3) is 0 Å². The minimum Gasteiger partial charge on any atom is -0.328 e. The number of para-hydroxylation sites is 1. The van der Waals surface area contributed by atoms with Gasteiger partial charge in [0.1, 0.15) is 11.3 Å². The summed E-state index contributed by atoms with van der Waals surface area (Å²) in [6.07, 6.45) is 0. The summed E-state index contributed by atoms with van der Waals surface area (Å²) in [6.45, 7) is 1.92. The normalized spacial score (nSPS) is 11.1. The van der Waals surface area contributed by atoms with E-state index in [9.17, 15) is 8.78 Å². The van der Waals surface area contributed by atoms with Crippen LogP contribution in [0.4, 0.5) is 8.78 Å². The van der Waals surface area contributed by atoms with Crippen molar-refractivity contribution in [2.45, 2.75) is 6.92 Å². The van der Waals surface area contributed by atoms with Gasteiger partial charge in [-0.2, -0.15) is 0 Å². The van der Waals surface area contributed by atoms with Gasteiger partial charge in [-0.1, -0.05) is 18.2 Å². The SMILES string of the molecule is Cc1ccccc1-n1c(=S)[nH]c2c(F)cc(F)cc21. The van der Waals surface area contributed by atoms with Gasteiger partial charge in [0.15, 0.2) is 10.6 Å². The number of nitrogens with zero attached hydrogens (tertiary/aromatic N) is 1. The summed E-state index contributed by atoms with van der Waals surface area (Å²) in [5.41, 5.74) is 2.40. The highest BCUT2D eigenvalue weighted by Gasteiger charge is 2.13. The number of rotatable bonds is 1. The van der Waals surface area contributed by atoms with Crippen molar-refractivity contribution in [1.29, 1.82) is 0 Å². The summed E-state index contributed by atoms with van der Waals surface area (Å²) in [6, 6.07) is 9.66. The van der Waals surface area contributed by atoms with Gasteiger partial charge < -0.3 is 4.98 Å². The van der Waals surface area contributed by atoms with Crippen LogP contribution in [-0.4, -0.2) is 9.55 Å². The topological polar surface area (TPSA) is 20.7 Å². The molecule has 0 radical (unpaired) electrons. The van der Waals surface area contributed by atoms with Gasteiger partial charge in [-0.05, 0) is 30.8 Å². The Morgan fingerprint density at radius 3 is 2.63 bits per heavy atom. The summed E-state index contributed by atoms with van der Waals surface area (Å²) in [5.74, 6) is -1.27. The van der Waals surface area contributed by atoms with Gasteiger partial charge in [-0.3, -0.25) is 4.57 Å². The van der Waals surface area contributed by atoms with Crippen LogP contribution in [0.5, 0.6) is 0 Å². The van der Waals surface area contributed by atoms with Crippen LogP contribution in [-0.2, 0) is 0 Å². The van der Waals surface area contributed by atoms with Crippen LogP contribution in [0.3, 0.4) is 0 Å². The Balaban J connectivity index is 2.45. The number of fused-ring (bicyclic) bond motifs is 1. The van der Waals surface area contributed by atoms with Gasteiger partial charge >= 0.3 is 0 Å². The predicted octanol–water partition coefficient (Wildman–Crippen LogP) is 4.27. The van der Waals surface area contributed by atoms with Gasteiger partial charge in [0.05, 0.1) is 11.2 Å². The molecule has 0 aliphatic heterocycles. The lowest BCUT2D eigenvalue weighted by molar-refractivity contribution is 0.590. The average Bonchev–Trinajstić information content (AvgIpc) is 2.67. The van der Waals surface area contributed by atoms with E-state index in [4.69, 9.17) is 12.2 Å². The Hall–Kier alpha value is -2.01. The Labute approximate surface area is 113 Å². The van der Waals surface area contributed by atoms with Crippen LogP contribution in [0.1, 0.15) is 5.56 Å². The number of nitrogens with one attached hydrogen (secondary N) is 1. The van der Waals surface area contributed by atoms with Crippen molar-refractivity contribution < 1.29 is 8.78 Å². The number of aromatic nitrogens is 2. The minimum atomic E-state index is -0.645. The Morgan fingerprint density at radius 1 is 1.16 bits per heavy atom. The fourth-order valence-corrected chi connectivity index (χ4v) is 2.48. The number of aryl methyl sites for hydroxylation is 1. The third kappa shape index (κ3) is 1.86. The predicted molar refractivity (Wildman–Crippen MR) is 73.1 cm³/mol. The molecule has 0 spiro atoms. The van der Waals surface area contributed by atoms with Crippen LogP contribution in [0.25, 0.3) is 16.7 Å². The Bertz CT molecular complexity index is 833. The van der Waals surface area contributed by atoms with E-state index in [0.717, 1.165) is 17.3 Å². The number of imidazole rings is 1. The molecule has 3 aromatic rings. The molecule has 0 fully saturated rings. The lowest BCUT2D eigenvalue weighted by Crippen LogP contribution is -1.97. The van der Waals surface area contributed by atoms with E-state index >= 15 is 0 Å². The zero-order valence-corrected chi connectivity index (χ0v) is 10.9. The Morgan fingerprint density at radius 2 is 1.89 bits per heavy atom. The van der Waals surface area contributed by atoms with Crippen molar-refractivity contribution in [1.82, 2.24) is 9.55 Å². The largest absolute Gasteiger partial charge is 0.328 e. The van der Waals surface area contributed by atoms with Crippen LogP contribution in [0, 0.1) is 23.3 Å². The minimum absolute atomic E-state index is 0.217. The molecule has 96 valence electrons. The first-order valence-electron chi connectivity index (χ1n) is 5.73. The third-order valence-electron chi connectivity index (χ3n) is 3.07. The van der Waals surface area contributed by atoms with Crippen molar-refractivity contribution in [3.63, 3.8) is 0 Å². The second-order valence-electron chi connectivity index (χ2n) is 4.33. The van der Waals surface area contributed by atoms with Gasteiger partial charge in [-0.25, -0.2) is 8.78 Å². The molecule has 0 saturated heterocycles. The van der Waals surface area contributed by atoms with E-state index in [-0.39, 0.29) is 5.52 Å². The third-order valence-corrected chi connectivity index (χ3v) is 3.35. The van der Waals surface area contributed by atoms with Crippen molar-refractivity contribution in [2.75, 3.05) is 0 Å². The molecule has 1 aromatic heterocycles. The van der Waals surface area contributed by atoms with Crippen molar-refractivity contribution in [2.24, 2.45) is 0 Å². The zero-order valence-electron chi connectivity index (χ0n) is 10.1. The van der Waals surface area contributed by atoms with E-state index in [0.29, 0.717) is 10.3 Å². The zero-order chi connectivity index (χ0) is 13.6. The highest BCUT2D eigenvalue weighted by molar-refractivity contribution is 7.71. The highest BCUT2D eigenvalue weighted by atomic mass is 32.1. The highest BCUT2D eigenvalue weighted by Crippen LogP contribution is 2.24. The van der Waals surface area contributed by atoms with Crippen LogP contribution < -0.4 is 0 Å². The molecular weight excluding hydrogens is 266 g/mol. The molecule has 19 heavy (non-hydrogen) atoms. The molecule has 1 heterocycles. The number of hydrogen-bond donors (Lipinski definition) is 1. The lowest BCUT2D eigenvalue weighted by Gasteiger charge is -2.08. The maximum Gasteiger partial charge on any atom is 0.182 e. The lowest BCUT2D eigenvalue weighted by atomic mass is 10.2. The number of benzene rings is 2. The molecule has 2 nitrogen and oxygen atoms in total. The van der Waals surface area contributed by atoms with E-state index in [1.807, 2.05) is 31.2 Å². The molecule has 0 atom stereocenters. The molecule has 3 rings (SSSR count). The van der Waals surface area contributed by atoms with Crippen molar-refractivity contribution >= 4 is 23.3 Å². The maximum atomic E-state index is 13.7. The average molecular weight is 276 g/mol. The molecule has 0 bridgehead atoms. The summed E-state index contributed by atoms with van der Waals surface area (Å²) in [7, 11) is 0. The fourth-order valence-electron chi connectivity index (χ4n) is 2.19. The molecule has 0 aliphatic rings. The number of hydrogen-bond acceptors (Lipinski definition) is 1. The first-order chi connectivity index (χ1) is 9.08. The van der Waals surface area contributed by atoms with Gasteiger partial charge in [0, 0.05) is 12.1 Å². The second kappa shape index (κ2) is 4.28. The van der Waals surface area contributed by atoms with Crippen molar-refractivity contribution in [3.05, 3.63) is 58.4 Å². The number of halogens is 2. The molecule has 0 aliphatic carbocycles. The van der Waals surface area contributed by atoms with Crippen molar-refractivity contribution in [3.8, 4) is 5.69 Å². The maximum absolute atomic E-state index is 13.7. The van der Waals surface area contributed by atoms with Crippen LogP contribution >= 0.6 is 12.2 Å². The summed E-state index contributed by atoms with van der Waals surface area (Å²) >= 11 is 5.22. The molecule has 5 heteroatoms. The molecule has 0 saturated carbocycles. The Kier molecular flexibility index (Phi) is 2.71. The fraction of sp³-hybridized carbons (Fsp3) is 0.0714. The smallest absolute Gasteiger partial charge is 0.182 e. The molecule has 2 aromatic carbocycles. The van der Waals surface area contributed by atoms with Crippen LogP contribution in [0.2, 0.25) is 0 Å². The molecule has 1 N–H and O–H groups in total. The first kappa shape index (κ1) is 12.0. The quantitative estimate of drug-likeness (QED) is 0.658. The first-order valence-corrected chi connectivity index (χ1v) is 6.14. The molecular formula is C14H10F2N2S. The molecule has 0 unspecified atom stereocenters. The monoisotopic (exact) mass is 276 g/mol. The number of H-pyrrole nitrogens is 1. The van der Waals surface area contributed by atoms with Gasteiger partial charge in [-0.15, -0.1) is 0 Å². The van der Waals surface area contributed by atoms with E-state index in [2.05, 4.69) is 4.98 Å². The van der Waals surface area contributed by atoms with Gasteiger partial charge in [0.2, 0.25) is 0 Å². The summed E-state index contributed by atoms with van der Waals surface area (Å²) < 4.78 is 29.1. The summed E-state index contributed by atoms with van der Waals surface area (Å²) in [5, 5.41) is 0. The second-order valence-corrected chi connectivity index (χ2v) is 4.72. The van der Waals surface area contributed by atoms with Crippen LogP contribution in [0.15, 0.2) is 36.4 Å².